The number of hydrogen-bond donors (Lipinski definition) is 1. The van der Waals surface area contributed by atoms with Gasteiger partial charge in [-0.1, -0.05) is 30.3 Å². The number of aliphatic hydroxyl groups excluding tert-OH is 1. The molecule has 0 amide bonds. The van der Waals surface area contributed by atoms with Crippen molar-refractivity contribution in [3.05, 3.63) is 82.7 Å². The van der Waals surface area contributed by atoms with Crippen molar-refractivity contribution >= 4 is 0 Å². The van der Waals surface area contributed by atoms with Gasteiger partial charge in [-0.15, -0.1) is 0 Å². The molecule has 0 radical (unpaired) electrons. The second-order valence-electron chi connectivity index (χ2n) is 6.85. The van der Waals surface area contributed by atoms with Crippen molar-refractivity contribution in [2.75, 3.05) is 13.7 Å². The molecular weight excluding hydrogens is 364 g/mol. The molecular formula is C21H21F2N3O2. The van der Waals surface area contributed by atoms with Crippen molar-refractivity contribution in [3.8, 4) is 5.75 Å². The number of ether oxygens (including phenoxy) is 1. The normalized spacial score (nSPS) is 15.3. The summed E-state index contributed by atoms with van der Waals surface area (Å²) in [6, 6.07) is 13.7. The molecule has 0 unspecified atom stereocenters. The van der Waals surface area contributed by atoms with Gasteiger partial charge in [0.05, 0.1) is 25.0 Å². The zero-order valence-electron chi connectivity index (χ0n) is 15.5. The number of aromatic nitrogens is 2. The van der Waals surface area contributed by atoms with E-state index < -0.39 is 17.7 Å². The molecule has 2 aromatic carbocycles. The number of rotatable bonds is 5. The van der Waals surface area contributed by atoms with Crippen LogP contribution in [-0.2, 0) is 19.6 Å². The minimum absolute atomic E-state index is 0.00291. The van der Waals surface area contributed by atoms with E-state index in [-0.39, 0.29) is 17.9 Å². The molecule has 146 valence electrons. The Morgan fingerprint density at radius 3 is 2.68 bits per heavy atom. The Balaban J connectivity index is 1.53. The van der Waals surface area contributed by atoms with Crippen molar-refractivity contribution in [2.24, 2.45) is 0 Å². The second kappa shape index (κ2) is 7.69. The van der Waals surface area contributed by atoms with Crippen molar-refractivity contribution in [1.82, 2.24) is 14.7 Å². The number of aliphatic hydroxyl groups is 1. The molecule has 28 heavy (non-hydrogen) atoms. The van der Waals surface area contributed by atoms with Crippen LogP contribution in [0.25, 0.3) is 0 Å². The van der Waals surface area contributed by atoms with Crippen molar-refractivity contribution < 1.29 is 18.6 Å². The average Bonchev–Trinajstić information content (AvgIpc) is 3.14. The molecule has 1 aliphatic heterocycles. The smallest absolute Gasteiger partial charge is 0.172 e. The molecule has 1 aromatic heterocycles. The van der Waals surface area contributed by atoms with Crippen LogP contribution in [0.1, 0.15) is 28.6 Å². The summed E-state index contributed by atoms with van der Waals surface area (Å²) in [5, 5.41) is 15.1. The summed E-state index contributed by atoms with van der Waals surface area (Å²) < 4.78 is 35.4. The van der Waals surface area contributed by atoms with Crippen molar-refractivity contribution in [3.63, 3.8) is 0 Å². The summed E-state index contributed by atoms with van der Waals surface area (Å²) in [4.78, 5) is 1.95. The predicted molar refractivity (Wildman–Crippen MR) is 99.8 cm³/mol. The molecule has 0 aliphatic carbocycles. The number of fused-ring (bicyclic) bond motifs is 1. The summed E-state index contributed by atoms with van der Waals surface area (Å²) >= 11 is 0. The van der Waals surface area contributed by atoms with Gasteiger partial charge < -0.3 is 9.84 Å². The van der Waals surface area contributed by atoms with Crippen LogP contribution in [0.5, 0.6) is 5.75 Å². The fourth-order valence-electron chi connectivity index (χ4n) is 3.52. The van der Waals surface area contributed by atoms with Gasteiger partial charge >= 0.3 is 0 Å². The highest BCUT2D eigenvalue weighted by atomic mass is 19.1. The third kappa shape index (κ3) is 3.50. The molecule has 0 bridgehead atoms. The van der Waals surface area contributed by atoms with Gasteiger partial charge in [0.1, 0.15) is 11.9 Å². The van der Waals surface area contributed by atoms with E-state index in [0.29, 0.717) is 25.3 Å². The molecule has 1 N–H and O–H groups in total. The lowest BCUT2D eigenvalue weighted by molar-refractivity contribution is 0.196. The largest absolute Gasteiger partial charge is 0.494 e. The van der Waals surface area contributed by atoms with E-state index in [1.165, 1.54) is 19.2 Å². The van der Waals surface area contributed by atoms with Crippen molar-refractivity contribution in [2.45, 2.75) is 25.7 Å². The maximum Gasteiger partial charge on any atom is 0.172 e. The van der Waals surface area contributed by atoms with Gasteiger partial charge in [-0.3, -0.25) is 9.58 Å². The Bertz CT molecular complexity index is 975. The first-order valence-corrected chi connectivity index (χ1v) is 9.09. The van der Waals surface area contributed by atoms with E-state index in [4.69, 9.17) is 4.74 Å². The molecule has 0 saturated heterocycles. The van der Waals surface area contributed by atoms with Gasteiger partial charge in [0, 0.05) is 25.2 Å². The summed E-state index contributed by atoms with van der Waals surface area (Å²) in [5.41, 5.74) is 2.24. The van der Waals surface area contributed by atoms with Crippen molar-refractivity contribution in [1.29, 1.82) is 0 Å². The van der Waals surface area contributed by atoms with Gasteiger partial charge in [-0.05, 0) is 23.8 Å². The molecule has 3 aromatic rings. The number of methoxy groups -OCH3 is 1. The molecule has 0 fully saturated rings. The van der Waals surface area contributed by atoms with Gasteiger partial charge in [-0.2, -0.15) is 5.10 Å². The first-order chi connectivity index (χ1) is 13.6. The number of benzene rings is 2. The third-order valence-corrected chi connectivity index (χ3v) is 5.04. The number of halogens is 2. The molecule has 0 saturated carbocycles. The van der Waals surface area contributed by atoms with Crippen LogP contribution < -0.4 is 4.74 Å². The van der Waals surface area contributed by atoms with E-state index in [0.717, 1.165) is 11.3 Å². The minimum Gasteiger partial charge on any atom is -0.494 e. The van der Waals surface area contributed by atoms with Crippen LogP contribution in [0.2, 0.25) is 0 Å². The van der Waals surface area contributed by atoms with Gasteiger partial charge in [0.2, 0.25) is 0 Å². The van der Waals surface area contributed by atoms with Crippen LogP contribution in [0.4, 0.5) is 8.78 Å². The van der Waals surface area contributed by atoms with E-state index in [1.807, 2.05) is 46.0 Å². The molecule has 2 heterocycles. The van der Waals surface area contributed by atoms with Crippen LogP contribution in [0.15, 0.2) is 48.5 Å². The lowest BCUT2D eigenvalue weighted by atomic mass is 10.1. The predicted octanol–water partition coefficient (Wildman–Crippen LogP) is 3.27. The maximum atomic E-state index is 14.4. The summed E-state index contributed by atoms with van der Waals surface area (Å²) in [6.45, 7) is 1.82. The Hall–Kier alpha value is -2.77. The molecule has 1 aliphatic rings. The molecule has 5 nitrogen and oxygen atoms in total. The highest BCUT2D eigenvalue weighted by molar-refractivity contribution is 5.32. The van der Waals surface area contributed by atoms with Gasteiger partial charge in [-0.25, -0.2) is 8.78 Å². The monoisotopic (exact) mass is 385 g/mol. The Morgan fingerprint density at radius 1 is 1.14 bits per heavy atom. The summed E-state index contributed by atoms with van der Waals surface area (Å²) in [5.74, 6) is -1.22. The standard InChI is InChI=1S/C21H21F2N3O2/c1-28-19-8-7-17(22)16(20(19)23)13-25-9-10-26-15(12-25)11-18(24-26)21(27)14-5-3-2-4-6-14/h2-8,11,21,27H,9-10,12-13H2,1H3/t21-/m1/s1. The van der Waals surface area contributed by atoms with E-state index in [2.05, 4.69) is 5.10 Å². The second-order valence-corrected chi connectivity index (χ2v) is 6.85. The van der Waals surface area contributed by atoms with Gasteiger partial charge in [0.15, 0.2) is 11.6 Å². The first kappa shape index (κ1) is 18.6. The minimum atomic E-state index is -0.805. The molecule has 4 rings (SSSR count). The lowest BCUT2D eigenvalue weighted by Crippen LogP contribution is -2.34. The van der Waals surface area contributed by atoms with Crippen LogP contribution in [0, 0.1) is 11.6 Å². The fraction of sp³-hybridized carbons (Fsp3) is 0.286. The summed E-state index contributed by atoms with van der Waals surface area (Å²) in [6.07, 6.45) is -0.805. The third-order valence-electron chi connectivity index (χ3n) is 5.04. The first-order valence-electron chi connectivity index (χ1n) is 9.09. The Morgan fingerprint density at radius 2 is 1.93 bits per heavy atom. The van der Waals surface area contributed by atoms with Crippen LogP contribution in [0.3, 0.4) is 0 Å². The SMILES string of the molecule is COc1ccc(F)c(CN2CCn3nc([C@H](O)c4ccccc4)cc3C2)c1F. The molecule has 7 heteroatoms. The van der Waals surface area contributed by atoms with E-state index in [9.17, 15) is 13.9 Å². The quantitative estimate of drug-likeness (QED) is 0.733. The highest BCUT2D eigenvalue weighted by Gasteiger charge is 2.24. The van der Waals surface area contributed by atoms with E-state index >= 15 is 0 Å². The van der Waals surface area contributed by atoms with E-state index in [1.54, 1.807) is 0 Å². The van der Waals surface area contributed by atoms with Crippen LogP contribution >= 0.6 is 0 Å². The molecule has 1 atom stereocenters. The number of nitrogens with zero attached hydrogens (tertiary/aromatic N) is 3. The fourth-order valence-corrected chi connectivity index (χ4v) is 3.52. The topological polar surface area (TPSA) is 50.5 Å². The highest BCUT2D eigenvalue weighted by Crippen LogP contribution is 2.27. The van der Waals surface area contributed by atoms with Crippen LogP contribution in [-0.4, -0.2) is 33.4 Å². The zero-order chi connectivity index (χ0) is 19.7. The average molecular weight is 385 g/mol. The summed E-state index contributed by atoms with van der Waals surface area (Å²) in [7, 11) is 1.36. The Labute approximate surface area is 161 Å². The maximum absolute atomic E-state index is 14.4. The molecule has 0 spiro atoms. The lowest BCUT2D eigenvalue weighted by Gasteiger charge is -2.27. The zero-order valence-corrected chi connectivity index (χ0v) is 15.5. The number of hydrogen-bond acceptors (Lipinski definition) is 4. The van der Waals surface area contributed by atoms with Gasteiger partial charge in [0.25, 0.3) is 0 Å². The Kier molecular flexibility index (Phi) is 5.11.